The van der Waals surface area contributed by atoms with Crippen molar-refractivity contribution in [1.82, 2.24) is 0 Å². The maximum absolute atomic E-state index is 12.7. The lowest BCUT2D eigenvalue weighted by atomic mass is 10.1. The molecule has 28 heavy (non-hydrogen) atoms. The summed E-state index contributed by atoms with van der Waals surface area (Å²) in [6, 6.07) is 6.58. The number of hydrogen-bond acceptors (Lipinski definition) is 7. The van der Waals surface area contributed by atoms with Gasteiger partial charge in [-0.25, -0.2) is 0 Å². The molecule has 1 aliphatic heterocycles. The number of methoxy groups -OCH3 is 3. The van der Waals surface area contributed by atoms with Gasteiger partial charge in [0.25, 0.3) is 0 Å². The van der Waals surface area contributed by atoms with Crippen LogP contribution in [0.2, 0.25) is 0 Å². The first-order valence-corrected chi connectivity index (χ1v) is 8.50. The van der Waals surface area contributed by atoms with Crippen LogP contribution in [-0.2, 0) is 11.2 Å². The van der Waals surface area contributed by atoms with Gasteiger partial charge in [-0.2, -0.15) is 0 Å². The van der Waals surface area contributed by atoms with Gasteiger partial charge in [-0.15, -0.1) is 0 Å². The molecule has 0 aliphatic carbocycles. The van der Waals surface area contributed by atoms with Crippen molar-refractivity contribution in [3.63, 3.8) is 0 Å². The fourth-order valence-corrected chi connectivity index (χ4v) is 3.01. The highest BCUT2D eigenvalue weighted by Gasteiger charge is 2.22. The molecule has 0 fully saturated rings. The van der Waals surface area contributed by atoms with Crippen LogP contribution in [0.4, 0.5) is 5.69 Å². The smallest absolute Gasteiger partial charge is 0.231 e. The second-order valence-corrected chi connectivity index (χ2v) is 6.03. The van der Waals surface area contributed by atoms with E-state index in [1.54, 1.807) is 24.3 Å². The van der Waals surface area contributed by atoms with Crippen LogP contribution < -0.4 is 29.0 Å². The molecule has 0 saturated carbocycles. The SMILES string of the molecule is COc1ccc(CC(=O)Nc2cc3c(cc2C(C)=O)OCO3)c(OC)c1OC. The van der Waals surface area contributed by atoms with Crippen molar-refractivity contribution < 1.29 is 33.3 Å². The normalized spacial score (nSPS) is 11.7. The highest BCUT2D eigenvalue weighted by atomic mass is 16.7. The molecule has 1 amide bonds. The van der Waals surface area contributed by atoms with Crippen molar-refractivity contribution in [2.75, 3.05) is 33.4 Å². The van der Waals surface area contributed by atoms with E-state index in [0.717, 1.165) is 0 Å². The number of amides is 1. The van der Waals surface area contributed by atoms with Gasteiger partial charge in [-0.3, -0.25) is 9.59 Å². The highest BCUT2D eigenvalue weighted by molar-refractivity contribution is 6.05. The van der Waals surface area contributed by atoms with E-state index in [1.165, 1.54) is 28.3 Å². The molecule has 3 rings (SSSR count). The predicted octanol–water partition coefficient (Wildman–Crippen LogP) is 2.82. The fourth-order valence-electron chi connectivity index (χ4n) is 3.01. The van der Waals surface area contributed by atoms with Crippen LogP contribution >= 0.6 is 0 Å². The fraction of sp³-hybridized carbons (Fsp3) is 0.300. The summed E-state index contributed by atoms with van der Waals surface area (Å²) in [6.45, 7) is 1.50. The Balaban J connectivity index is 1.86. The number of fused-ring (bicyclic) bond motifs is 1. The first kappa shape index (κ1) is 19.3. The summed E-state index contributed by atoms with van der Waals surface area (Å²) in [6.07, 6.45) is 0.00924. The third kappa shape index (κ3) is 3.66. The van der Waals surface area contributed by atoms with E-state index in [9.17, 15) is 9.59 Å². The van der Waals surface area contributed by atoms with Crippen LogP contribution in [0.25, 0.3) is 0 Å². The van der Waals surface area contributed by atoms with Gasteiger partial charge >= 0.3 is 0 Å². The second-order valence-electron chi connectivity index (χ2n) is 6.03. The summed E-state index contributed by atoms with van der Waals surface area (Å²) >= 11 is 0. The largest absolute Gasteiger partial charge is 0.493 e. The third-order valence-electron chi connectivity index (χ3n) is 4.30. The number of nitrogens with one attached hydrogen (secondary N) is 1. The quantitative estimate of drug-likeness (QED) is 0.730. The van der Waals surface area contributed by atoms with Crippen LogP contribution in [0.3, 0.4) is 0 Å². The monoisotopic (exact) mass is 387 g/mol. The topological polar surface area (TPSA) is 92.3 Å². The first-order valence-electron chi connectivity index (χ1n) is 8.50. The molecule has 1 aliphatic rings. The molecule has 2 aromatic rings. The van der Waals surface area contributed by atoms with Gasteiger partial charge in [-0.05, 0) is 19.1 Å². The molecule has 8 heteroatoms. The molecule has 0 radical (unpaired) electrons. The van der Waals surface area contributed by atoms with Gasteiger partial charge in [0.15, 0.2) is 28.8 Å². The summed E-state index contributed by atoms with van der Waals surface area (Å²) < 4.78 is 26.6. The maximum atomic E-state index is 12.7. The number of rotatable bonds is 7. The zero-order chi connectivity index (χ0) is 20.3. The van der Waals surface area contributed by atoms with E-state index >= 15 is 0 Å². The number of ether oxygens (including phenoxy) is 5. The number of Topliss-reactive ketones (excluding diaryl/α,β-unsaturated/α-hetero) is 1. The lowest BCUT2D eigenvalue weighted by Crippen LogP contribution is -2.17. The molecule has 0 aromatic heterocycles. The highest BCUT2D eigenvalue weighted by Crippen LogP contribution is 2.40. The van der Waals surface area contributed by atoms with E-state index in [2.05, 4.69) is 5.32 Å². The number of benzene rings is 2. The minimum absolute atomic E-state index is 0.00924. The molecular weight excluding hydrogens is 366 g/mol. The molecule has 0 spiro atoms. The third-order valence-corrected chi connectivity index (χ3v) is 4.30. The van der Waals surface area contributed by atoms with Gasteiger partial charge in [-0.1, -0.05) is 6.07 Å². The average Bonchev–Trinajstić information content (AvgIpc) is 3.13. The standard InChI is InChI=1S/C20H21NO7/c1-11(22)13-8-16-17(28-10-27-16)9-14(13)21-18(23)7-12-5-6-15(24-2)20(26-4)19(12)25-3/h5-6,8-9H,7,10H2,1-4H3,(H,21,23). The Hall–Kier alpha value is -3.42. The van der Waals surface area contributed by atoms with Gasteiger partial charge in [0.1, 0.15) is 0 Å². The molecular formula is C20H21NO7. The molecule has 2 aromatic carbocycles. The van der Waals surface area contributed by atoms with Gasteiger partial charge in [0, 0.05) is 17.2 Å². The van der Waals surface area contributed by atoms with E-state index in [4.69, 9.17) is 23.7 Å². The van der Waals surface area contributed by atoms with Crippen LogP contribution in [0.5, 0.6) is 28.7 Å². The first-order chi connectivity index (χ1) is 13.5. The maximum Gasteiger partial charge on any atom is 0.231 e. The summed E-state index contributed by atoms with van der Waals surface area (Å²) in [5.41, 5.74) is 1.32. The Kier molecular flexibility index (Phi) is 5.58. The summed E-state index contributed by atoms with van der Waals surface area (Å²) in [5, 5.41) is 2.76. The summed E-state index contributed by atoms with van der Waals surface area (Å²) in [7, 11) is 4.51. The number of carbonyl (C=O) groups is 2. The van der Waals surface area contributed by atoms with Crippen LogP contribution in [-0.4, -0.2) is 39.8 Å². The molecule has 1 heterocycles. The molecule has 8 nitrogen and oxygen atoms in total. The zero-order valence-electron chi connectivity index (χ0n) is 16.1. The average molecular weight is 387 g/mol. The molecule has 1 N–H and O–H groups in total. The summed E-state index contributed by atoms with van der Waals surface area (Å²) in [5.74, 6) is 1.74. The number of hydrogen-bond donors (Lipinski definition) is 1. The molecule has 0 unspecified atom stereocenters. The Bertz CT molecular complexity index is 923. The molecule has 0 atom stereocenters. The predicted molar refractivity (Wildman–Crippen MR) is 101 cm³/mol. The minimum Gasteiger partial charge on any atom is -0.493 e. The number of anilines is 1. The van der Waals surface area contributed by atoms with Gasteiger partial charge < -0.3 is 29.0 Å². The number of ketones is 1. The molecule has 148 valence electrons. The van der Waals surface area contributed by atoms with E-state index in [1.807, 2.05) is 0 Å². The Labute approximate surface area is 162 Å². The molecule has 0 saturated heterocycles. The van der Waals surface area contributed by atoms with Crippen molar-refractivity contribution in [3.8, 4) is 28.7 Å². The van der Waals surface area contributed by atoms with Gasteiger partial charge in [0.2, 0.25) is 18.4 Å². The second kappa shape index (κ2) is 8.08. The van der Waals surface area contributed by atoms with E-state index < -0.39 is 0 Å². The zero-order valence-corrected chi connectivity index (χ0v) is 16.1. The van der Waals surface area contributed by atoms with Crippen molar-refractivity contribution in [2.45, 2.75) is 13.3 Å². The minimum atomic E-state index is -0.327. The van der Waals surface area contributed by atoms with Crippen molar-refractivity contribution in [2.24, 2.45) is 0 Å². The van der Waals surface area contributed by atoms with E-state index in [0.29, 0.717) is 45.6 Å². The molecule has 0 bridgehead atoms. The Morgan fingerprint density at radius 1 is 1.00 bits per heavy atom. The van der Waals surface area contributed by atoms with E-state index in [-0.39, 0.29) is 24.9 Å². The van der Waals surface area contributed by atoms with Crippen LogP contribution in [0.1, 0.15) is 22.8 Å². The van der Waals surface area contributed by atoms with Crippen molar-refractivity contribution >= 4 is 17.4 Å². The van der Waals surface area contributed by atoms with Crippen molar-refractivity contribution in [3.05, 3.63) is 35.4 Å². The lowest BCUT2D eigenvalue weighted by Gasteiger charge is -2.16. The van der Waals surface area contributed by atoms with Crippen molar-refractivity contribution in [1.29, 1.82) is 0 Å². The Morgan fingerprint density at radius 3 is 2.29 bits per heavy atom. The number of carbonyl (C=O) groups excluding carboxylic acids is 2. The van der Waals surface area contributed by atoms with Crippen LogP contribution in [0, 0.1) is 0 Å². The summed E-state index contributed by atoms with van der Waals surface area (Å²) in [4.78, 5) is 24.6. The van der Waals surface area contributed by atoms with Gasteiger partial charge in [0.05, 0.1) is 33.4 Å². The Morgan fingerprint density at radius 2 is 1.68 bits per heavy atom. The van der Waals surface area contributed by atoms with Crippen LogP contribution in [0.15, 0.2) is 24.3 Å². The lowest BCUT2D eigenvalue weighted by molar-refractivity contribution is -0.115.